The average molecular weight is 194 g/mol. The molecule has 2 heterocycles. The smallest absolute Gasteiger partial charge is 0.162 e. The SMILES string of the molecule is C[N+]1=CC=C[C@H](C2CCC[N+]2(C)C)C1. The fourth-order valence-electron chi connectivity index (χ4n) is 3.00. The van der Waals surface area contributed by atoms with Crippen LogP contribution in [0.5, 0.6) is 0 Å². The van der Waals surface area contributed by atoms with Crippen molar-refractivity contribution in [3.8, 4) is 0 Å². The molecule has 2 aliphatic heterocycles. The first-order valence-corrected chi connectivity index (χ1v) is 5.64. The van der Waals surface area contributed by atoms with Gasteiger partial charge >= 0.3 is 0 Å². The zero-order valence-electron chi connectivity index (χ0n) is 9.61. The number of rotatable bonds is 1. The number of allylic oxidation sites excluding steroid dienone is 1. The summed E-state index contributed by atoms with van der Waals surface area (Å²) >= 11 is 0. The van der Waals surface area contributed by atoms with Gasteiger partial charge in [-0.05, 0) is 6.08 Å². The normalized spacial score (nSPS) is 35.8. The van der Waals surface area contributed by atoms with E-state index in [0.29, 0.717) is 0 Å². The third kappa shape index (κ3) is 1.76. The highest BCUT2D eigenvalue weighted by Gasteiger charge is 2.40. The van der Waals surface area contributed by atoms with E-state index >= 15 is 0 Å². The monoisotopic (exact) mass is 194 g/mol. The van der Waals surface area contributed by atoms with E-state index in [9.17, 15) is 0 Å². The molecule has 0 aromatic carbocycles. The second-order valence-corrected chi connectivity index (χ2v) is 5.35. The van der Waals surface area contributed by atoms with Crippen molar-refractivity contribution in [3.63, 3.8) is 0 Å². The van der Waals surface area contributed by atoms with E-state index in [1.807, 2.05) is 0 Å². The van der Waals surface area contributed by atoms with Crippen molar-refractivity contribution in [1.29, 1.82) is 0 Å². The standard InChI is InChI=1S/C12H22N2/c1-13-8-4-6-11(10-13)12-7-5-9-14(12,2)3/h4,6,8,11-12H,5,7,9-10H2,1-3H3/q+2/t11-,12?/m0/s1. The fraction of sp³-hybridized carbons (Fsp3) is 0.750. The summed E-state index contributed by atoms with van der Waals surface area (Å²) in [5, 5.41) is 0. The summed E-state index contributed by atoms with van der Waals surface area (Å²) in [5.74, 6) is 0.752. The maximum atomic E-state index is 2.40. The fourth-order valence-corrected chi connectivity index (χ4v) is 3.00. The predicted octanol–water partition coefficient (Wildman–Crippen LogP) is 1.12. The topological polar surface area (TPSA) is 3.01 Å². The minimum atomic E-state index is 0.752. The summed E-state index contributed by atoms with van der Waals surface area (Å²) in [4.78, 5) is 0. The molecule has 2 rings (SSSR count). The van der Waals surface area contributed by atoms with Crippen LogP contribution in [-0.4, -0.2) is 55.5 Å². The van der Waals surface area contributed by atoms with Crippen LogP contribution in [0.3, 0.4) is 0 Å². The molecule has 2 nitrogen and oxygen atoms in total. The highest BCUT2D eigenvalue weighted by molar-refractivity contribution is 5.66. The quantitative estimate of drug-likeness (QED) is 0.435. The number of hydrogen-bond acceptors (Lipinski definition) is 0. The number of hydrogen-bond donors (Lipinski definition) is 0. The summed E-state index contributed by atoms with van der Waals surface area (Å²) in [6.45, 7) is 2.55. The predicted molar refractivity (Wildman–Crippen MR) is 59.7 cm³/mol. The highest BCUT2D eigenvalue weighted by Crippen LogP contribution is 2.29. The molecule has 2 atom stereocenters. The second kappa shape index (κ2) is 3.50. The van der Waals surface area contributed by atoms with Crippen molar-refractivity contribution in [2.24, 2.45) is 5.92 Å². The van der Waals surface area contributed by atoms with Crippen molar-refractivity contribution in [2.45, 2.75) is 18.9 Å². The lowest BCUT2D eigenvalue weighted by Crippen LogP contribution is -2.49. The molecule has 1 unspecified atom stereocenters. The molecule has 0 aromatic heterocycles. The Hall–Kier alpha value is -0.630. The third-order valence-electron chi connectivity index (χ3n) is 3.82. The van der Waals surface area contributed by atoms with E-state index in [-0.39, 0.29) is 0 Å². The lowest BCUT2D eigenvalue weighted by Gasteiger charge is -2.35. The van der Waals surface area contributed by atoms with E-state index in [0.717, 1.165) is 12.0 Å². The van der Waals surface area contributed by atoms with Gasteiger partial charge in [-0.3, -0.25) is 0 Å². The molecule has 0 saturated carbocycles. The van der Waals surface area contributed by atoms with Gasteiger partial charge in [0.15, 0.2) is 12.8 Å². The summed E-state index contributed by atoms with van der Waals surface area (Å²) < 4.78 is 3.52. The Labute approximate surface area is 87.1 Å². The summed E-state index contributed by atoms with van der Waals surface area (Å²) in [6, 6.07) is 0.836. The molecular weight excluding hydrogens is 172 g/mol. The van der Waals surface area contributed by atoms with Crippen LogP contribution in [0, 0.1) is 5.92 Å². The van der Waals surface area contributed by atoms with E-state index in [4.69, 9.17) is 0 Å². The Balaban J connectivity index is 2.09. The Morgan fingerprint density at radius 2 is 2.14 bits per heavy atom. The van der Waals surface area contributed by atoms with Crippen LogP contribution in [0.25, 0.3) is 0 Å². The molecule has 0 N–H and O–H groups in total. The van der Waals surface area contributed by atoms with Crippen molar-refractivity contribution in [2.75, 3.05) is 34.2 Å². The molecule has 0 bridgehead atoms. The number of quaternary nitrogens is 1. The molecule has 0 radical (unpaired) electrons. The lowest BCUT2D eigenvalue weighted by molar-refractivity contribution is -0.906. The third-order valence-corrected chi connectivity index (χ3v) is 3.82. The Morgan fingerprint density at radius 1 is 1.36 bits per heavy atom. The Bertz CT molecular complexity index is 276. The van der Waals surface area contributed by atoms with Crippen molar-refractivity contribution < 1.29 is 9.06 Å². The lowest BCUT2D eigenvalue weighted by atomic mass is 9.94. The Morgan fingerprint density at radius 3 is 2.71 bits per heavy atom. The average Bonchev–Trinajstić information content (AvgIpc) is 2.45. The Kier molecular flexibility index (Phi) is 2.48. The molecule has 1 saturated heterocycles. The van der Waals surface area contributed by atoms with Crippen LogP contribution in [-0.2, 0) is 0 Å². The largest absolute Gasteiger partial charge is 0.325 e. The van der Waals surface area contributed by atoms with Gasteiger partial charge in [0.25, 0.3) is 0 Å². The maximum Gasteiger partial charge on any atom is 0.162 e. The maximum absolute atomic E-state index is 2.40. The van der Waals surface area contributed by atoms with Gasteiger partial charge in [-0.25, -0.2) is 4.58 Å². The van der Waals surface area contributed by atoms with Crippen LogP contribution in [0.4, 0.5) is 0 Å². The first kappa shape index (κ1) is 9.91. The van der Waals surface area contributed by atoms with Gasteiger partial charge in [0.1, 0.15) is 13.1 Å². The zero-order valence-corrected chi connectivity index (χ0v) is 9.61. The summed E-state index contributed by atoms with van der Waals surface area (Å²) in [7, 11) is 6.93. The first-order chi connectivity index (χ1) is 6.59. The second-order valence-electron chi connectivity index (χ2n) is 5.35. The van der Waals surface area contributed by atoms with Crippen molar-refractivity contribution >= 4 is 6.21 Å². The van der Waals surface area contributed by atoms with E-state index in [1.165, 1.54) is 30.4 Å². The minimum absolute atomic E-state index is 0.752. The van der Waals surface area contributed by atoms with Crippen LogP contribution >= 0.6 is 0 Å². The van der Waals surface area contributed by atoms with Crippen LogP contribution in [0.2, 0.25) is 0 Å². The molecule has 1 fully saturated rings. The highest BCUT2D eigenvalue weighted by atomic mass is 15.4. The molecule has 14 heavy (non-hydrogen) atoms. The van der Waals surface area contributed by atoms with E-state index in [2.05, 4.69) is 44.1 Å². The van der Waals surface area contributed by atoms with Gasteiger partial charge in [0.2, 0.25) is 0 Å². The minimum Gasteiger partial charge on any atom is -0.325 e. The van der Waals surface area contributed by atoms with Crippen LogP contribution in [0.1, 0.15) is 12.8 Å². The molecule has 0 aliphatic carbocycles. The molecule has 2 heteroatoms. The van der Waals surface area contributed by atoms with E-state index in [1.54, 1.807) is 0 Å². The summed E-state index contributed by atoms with van der Waals surface area (Å²) in [5.41, 5.74) is 0. The van der Waals surface area contributed by atoms with Gasteiger partial charge in [0, 0.05) is 12.8 Å². The van der Waals surface area contributed by atoms with Gasteiger partial charge in [-0.1, -0.05) is 6.08 Å². The molecule has 2 aliphatic rings. The van der Waals surface area contributed by atoms with Gasteiger partial charge in [0.05, 0.1) is 26.6 Å². The van der Waals surface area contributed by atoms with Gasteiger partial charge < -0.3 is 4.48 Å². The molecular formula is C12H22N2+2. The summed E-state index contributed by atoms with van der Waals surface area (Å²) in [6.07, 6.45) is 9.58. The number of nitrogens with zero attached hydrogens (tertiary/aromatic N) is 2. The van der Waals surface area contributed by atoms with Gasteiger partial charge in [-0.2, -0.15) is 0 Å². The first-order valence-electron chi connectivity index (χ1n) is 5.64. The molecule has 0 aromatic rings. The molecule has 0 spiro atoms. The molecule has 78 valence electrons. The van der Waals surface area contributed by atoms with Crippen LogP contribution < -0.4 is 0 Å². The zero-order chi connectivity index (χ0) is 10.2. The number of likely N-dealkylation sites (tertiary alicyclic amines) is 1. The van der Waals surface area contributed by atoms with Crippen molar-refractivity contribution in [1.82, 2.24) is 0 Å². The van der Waals surface area contributed by atoms with Crippen LogP contribution in [0.15, 0.2) is 12.2 Å². The van der Waals surface area contributed by atoms with Crippen molar-refractivity contribution in [3.05, 3.63) is 12.2 Å². The van der Waals surface area contributed by atoms with Gasteiger partial charge in [-0.15, -0.1) is 0 Å². The molecule has 0 amide bonds. The van der Waals surface area contributed by atoms with E-state index < -0.39 is 0 Å².